The number of nitrogens with zero attached hydrogens (tertiary/aromatic N) is 3. The van der Waals surface area contributed by atoms with Crippen LogP contribution in [-0.2, 0) is 0 Å². The highest BCUT2D eigenvalue weighted by Crippen LogP contribution is 2.40. The van der Waals surface area contributed by atoms with E-state index >= 15 is 0 Å². The zero-order valence-electron chi connectivity index (χ0n) is 19.0. The van der Waals surface area contributed by atoms with Gasteiger partial charge in [0.15, 0.2) is 0 Å². The number of hydrogen-bond donors (Lipinski definition) is 1. The number of urea groups is 1. The van der Waals surface area contributed by atoms with Crippen molar-refractivity contribution in [2.75, 3.05) is 51.1 Å². The third-order valence-electron chi connectivity index (χ3n) is 7.54. The maximum atomic E-state index is 12.9. The lowest BCUT2D eigenvalue weighted by molar-refractivity contribution is 0.0707. The molecule has 1 N–H and O–H groups in total. The van der Waals surface area contributed by atoms with Crippen LogP contribution in [0.4, 0.5) is 10.5 Å². The summed E-state index contributed by atoms with van der Waals surface area (Å²) in [6, 6.07) is 7.33. The summed E-state index contributed by atoms with van der Waals surface area (Å²) in [7, 11) is 0. The average Bonchev–Trinajstić information content (AvgIpc) is 2.81. The van der Waals surface area contributed by atoms with E-state index in [-0.39, 0.29) is 6.03 Å². The predicted octanol–water partition coefficient (Wildman–Crippen LogP) is 4.68. The number of piperazine rings is 1. The number of nitrogens with one attached hydrogen (secondary N) is 1. The molecule has 4 rings (SSSR count). The second kappa shape index (κ2) is 10.1. The second-order valence-corrected chi connectivity index (χ2v) is 9.50. The highest BCUT2D eigenvalue weighted by molar-refractivity contribution is 5.90. The highest BCUT2D eigenvalue weighted by atomic mass is 16.2. The number of hydrogen-bond acceptors (Lipinski definition) is 3. The molecule has 0 spiro atoms. The number of anilines is 1. The van der Waals surface area contributed by atoms with Gasteiger partial charge in [-0.1, -0.05) is 37.5 Å². The molecule has 1 aromatic carbocycles. The molecule has 0 aromatic heterocycles. The Hall–Kier alpha value is -1.59. The Bertz CT molecular complexity index is 707. The van der Waals surface area contributed by atoms with Crippen LogP contribution < -0.4 is 5.32 Å². The van der Waals surface area contributed by atoms with E-state index in [0.29, 0.717) is 12.0 Å². The molecule has 3 aliphatic rings. The molecule has 3 fully saturated rings. The van der Waals surface area contributed by atoms with E-state index in [0.717, 1.165) is 38.2 Å². The molecule has 1 aromatic rings. The van der Waals surface area contributed by atoms with Crippen LogP contribution in [0.25, 0.3) is 0 Å². The molecule has 5 heteroatoms. The minimum atomic E-state index is 0.0868. The SMILES string of the molecule is CCN1CCN([C@H]2CCCC[C@H]2c2cc(C)ccc2NC(=O)N2CCCCC2)CC1. The summed E-state index contributed by atoms with van der Waals surface area (Å²) in [6.45, 7) is 12.1. The van der Waals surface area contributed by atoms with E-state index in [1.807, 2.05) is 4.90 Å². The van der Waals surface area contributed by atoms with E-state index in [2.05, 4.69) is 47.2 Å². The van der Waals surface area contributed by atoms with Crippen LogP contribution in [0.3, 0.4) is 0 Å². The van der Waals surface area contributed by atoms with Gasteiger partial charge in [0.25, 0.3) is 0 Å². The molecule has 2 amide bonds. The van der Waals surface area contributed by atoms with Crippen molar-refractivity contribution in [2.24, 2.45) is 0 Å². The molecule has 2 saturated heterocycles. The summed E-state index contributed by atoms with van der Waals surface area (Å²) in [6.07, 6.45) is 8.64. The summed E-state index contributed by atoms with van der Waals surface area (Å²) in [4.78, 5) is 20.2. The first-order valence-corrected chi connectivity index (χ1v) is 12.3. The van der Waals surface area contributed by atoms with Gasteiger partial charge in [0.05, 0.1) is 0 Å². The van der Waals surface area contributed by atoms with Crippen molar-refractivity contribution in [3.63, 3.8) is 0 Å². The Morgan fingerprint density at radius 3 is 2.43 bits per heavy atom. The average molecular weight is 413 g/mol. The molecule has 0 unspecified atom stereocenters. The Morgan fingerprint density at radius 2 is 1.70 bits per heavy atom. The minimum absolute atomic E-state index is 0.0868. The number of likely N-dealkylation sites (N-methyl/N-ethyl adjacent to an activating group) is 1. The van der Waals surface area contributed by atoms with Crippen molar-refractivity contribution in [1.29, 1.82) is 0 Å². The van der Waals surface area contributed by atoms with Crippen LogP contribution in [0.1, 0.15) is 68.9 Å². The zero-order chi connectivity index (χ0) is 20.9. The van der Waals surface area contributed by atoms with Crippen molar-refractivity contribution in [1.82, 2.24) is 14.7 Å². The van der Waals surface area contributed by atoms with Crippen molar-refractivity contribution in [3.8, 4) is 0 Å². The van der Waals surface area contributed by atoms with Crippen LogP contribution in [0.2, 0.25) is 0 Å². The van der Waals surface area contributed by atoms with Crippen molar-refractivity contribution >= 4 is 11.7 Å². The number of benzene rings is 1. The Labute approximate surface area is 182 Å². The fourth-order valence-corrected chi connectivity index (χ4v) is 5.72. The topological polar surface area (TPSA) is 38.8 Å². The van der Waals surface area contributed by atoms with E-state index in [1.54, 1.807) is 0 Å². The maximum absolute atomic E-state index is 12.9. The molecule has 1 saturated carbocycles. The third kappa shape index (κ3) is 5.00. The largest absolute Gasteiger partial charge is 0.325 e. The molecule has 166 valence electrons. The Kier molecular flexibility index (Phi) is 7.32. The van der Waals surface area contributed by atoms with Crippen molar-refractivity contribution in [3.05, 3.63) is 29.3 Å². The third-order valence-corrected chi connectivity index (χ3v) is 7.54. The number of amides is 2. The van der Waals surface area contributed by atoms with Crippen LogP contribution in [0, 0.1) is 6.92 Å². The second-order valence-electron chi connectivity index (χ2n) is 9.50. The lowest BCUT2D eigenvalue weighted by Gasteiger charge is -2.44. The summed E-state index contributed by atoms with van der Waals surface area (Å²) in [5, 5.41) is 3.30. The van der Waals surface area contributed by atoms with Crippen LogP contribution in [0.15, 0.2) is 18.2 Å². The van der Waals surface area contributed by atoms with E-state index in [1.165, 1.54) is 69.4 Å². The first-order valence-electron chi connectivity index (χ1n) is 12.3. The van der Waals surface area contributed by atoms with Gasteiger partial charge in [-0.2, -0.15) is 0 Å². The summed E-state index contributed by atoms with van der Waals surface area (Å²) in [5.41, 5.74) is 3.70. The highest BCUT2D eigenvalue weighted by Gasteiger charge is 2.34. The first-order chi connectivity index (χ1) is 14.7. The fourth-order valence-electron chi connectivity index (χ4n) is 5.72. The number of likely N-dealkylation sites (tertiary alicyclic amines) is 1. The van der Waals surface area contributed by atoms with Crippen LogP contribution >= 0.6 is 0 Å². The summed E-state index contributed by atoms with van der Waals surface area (Å²) in [5.74, 6) is 0.517. The number of rotatable bonds is 4. The molecular weight excluding hydrogens is 372 g/mol. The van der Waals surface area contributed by atoms with Crippen molar-refractivity contribution in [2.45, 2.75) is 70.8 Å². The number of carbonyl (C=O) groups excluding carboxylic acids is 1. The number of aryl methyl sites for hydroxylation is 1. The van der Waals surface area contributed by atoms with E-state index in [9.17, 15) is 4.79 Å². The molecule has 0 bridgehead atoms. The molecule has 0 radical (unpaired) electrons. The van der Waals surface area contributed by atoms with Gasteiger partial charge in [0.2, 0.25) is 0 Å². The van der Waals surface area contributed by atoms with Gasteiger partial charge in [-0.3, -0.25) is 4.90 Å². The van der Waals surface area contributed by atoms with Crippen LogP contribution in [-0.4, -0.2) is 72.6 Å². The smallest absolute Gasteiger partial charge is 0.321 e. The quantitative estimate of drug-likeness (QED) is 0.781. The van der Waals surface area contributed by atoms with Gasteiger partial charge in [-0.15, -0.1) is 0 Å². The van der Waals surface area contributed by atoms with Gasteiger partial charge in [0, 0.05) is 56.9 Å². The lowest BCUT2D eigenvalue weighted by atomic mass is 9.78. The number of piperidine rings is 1. The standard InChI is InChI=1S/C25H40N4O/c1-3-27-15-17-28(18-16-27)24-10-6-5-9-21(24)22-19-20(2)11-12-23(22)26-25(30)29-13-7-4-8-14-29/h11-12,19,21,24H,3-10,13-18H2,1-2H3,(H,26,30)/t21-,24-/m0/s1. The van der Waals surface area contributed by atoms with Crippen molar-refractivity contribution < 1.29 is 4.79 Å². The van der Waals surface area contributed by atoms with E-state index < -0.39 is 0 Å². The van der Waals surface area contributed by atoms with Gasteiger partial charge >= 0.3 is 6.03 Å². The molecule has 2 aliphatic heterocycles. The maximum Gasteiger partial charge on any atom is 0.321 e. The predicted molar refractivity (Wildman–Crippen MR) is 124 cm³/mol. The van der Waals surface area contributed by atoms with Crippen LogP contribution in [0.5, 0.6) is 0 Å². The van der Waals surface area contributed by atoms with Gasteiger partial charge < -0.3 is 15.1 Å². The fraction of sp³-hybridized carbons (Fsp3) is 0.720. The minimum Gasteiger partial charge on any atom is -0.325 e. The Morgan fingerprint density at radius 1 is 0.967 bits per heavy atom. The van der Waals surface area contributed by atoms with Gasteiger partial charge in [-0.25, -0.2) is 4.79 Å². The molecule has 2 heterocycles. The molecule has 1 aliphatic carbocycles. The molecule has 30 heavy (non-hydrogen) atoms. The Balaban J connectivity index is 1.53. The molecular formula is C25H40N4O. The zero-order valence-corrected chi connectivity index (χ0v) is 19.0. The normalized spacial score (nSPS) is 26.5. The summed E-state index contributed by atoms with van der Waals surface area (Å²) < 4.78 is 0. The molecule has 2 atom stereocenters. The monoisotopic (exact) mass is 412 g/mol. The number of carbonyl (C=O) groups is 1. The van der Waals surface area contributed by atoms with Gasteiger partial charge in [0.1, 0.15) is 0 Å². The van der Waals surface area contributed by atoms with Gasteiger partial charge in [-0.05, 0) is 57.2 Å². The summed E-state index contributed by atoms with van der Waals surface area (Å²) >= 11 is 0. The first kappa shape index (κ1) is 21.6. The lowest BCUT2D eigenvalue weighted by Crippen LogP contribution is -2.52. The molecule has 5 nitrogen and oxygen atoms in total. The van der Waals surface area contributed by atoms with E-state index in [4.69, 9.17) is 0 Å².